The Bertz CT molecular complexity index is 442. The van der Waals surface area contributed by atoms with Crippen molar-refractivity contribution in [3.63, 3.8) is 0 Å². The highest BCUT2D eigenvalue weighted by molar-refractivity contribution is 6.32. The van der Waals surface area contributed by atoms with Crippen LogP contribution in [0.25, 0.3) is 0 Å². The maximum absolute atomic E-state index is 6.26. The molecule has 1 saturated carbocycles. The first-order valence-electron chi connectivity index (χ1n) is 7.32. The number of nitrogens with zero attached hydrogens (tertiary/aromatic N) is 1. The van der Waals surface area contributed by atoms with Gasteiger partial charge in [0, 0.05) is 29.4 Å². The van der Waals surface area contributed by atoms with Crippen LogP contribution in [-0.2, 0) is 5.88 Å². The highest BCUT2D eigenvalue weighted by atomic mass is 35.5. The molecule has 1 aliphatic carbocycles. The fourth-order valence-corrected chi connectivity index (χ4v) is 4.41. The van der Waals surface area contributed by atoms with Gasteiger partial charge in [0.15, 0.2) is 0 Å². The van der Waals surface area contributed by atoms with E-state index in [1.165, 1.54) is 44.2 Å². The molecule has 1 aromatic rings. The molecule has 0 N–H and O–H groups in total. The molecule has 2 fully saturated rings. The second-order valence-corrected chi connectivity index (χ2v) is 6.74. The summed E-state index contributed by atoms with van der Waals surface area (Å²) in [6.07, 6.45) is 8.42. The first-order chi connectivity index (χ1) is 9.24. The minimum absolute atomic E-state index is 0.497. The van der Waals surface area contributed by atoms with Crippen molar-refractivity contribution in [1.82, 2.24) is 0 Å². The first kappa shape index (κ1) is 13.6. The van der Waals surface area contributed by atoms with Crippen LogP contribution in [-0.4, -0.2) is 13.1 Å². The minimum Gasteiger partial charge on any atom is -0.371 e. The maximum atomic E-state index is 6.26. The van der Waals surface area contributed by atoms with Gasteiger partial charge in [0.25, 0.3) is 0 Å². The van der Waals surface area contributed by atoms with E-state index in [1.54, 1.807) is 0 Å². The summed E-state index contributed by atoms with van der Waals surface area (Å²) in [6, 6.07) is 6.13. The summed E-state index contributed by atoms with van der Waals surface area (Å²) in [6.45, 7) is 2.31. The summed E-state index contributed by atoms with van der Waals surface area (Å²) in [5.41, 5.74) is 3.00. The van der Waals surface area contributed by atoms with E-state index in [2.05, 4.69) is 11.0 Å². The molecule has 0 unspecified atom stereocenters. The average Bonchev–Trinajstić information content (AvgIpc) is 2.88. The molecule has 2 aliphatic rings. The maximum Gasteiger partial charge on any atom is 0.0509 e. The topological polar surface area (TPSA) is 3.24 Å². The standard InChI is InChI=1S/C16H21Cl2N/c17-12-13-14(18)4-3-5-15(13)19-10-8-16(9-11-19)6-1-2-7-16/h3-5H,1-2,6-12H2. The van der Waals surface area contributed by atoms with Gasteiger partial charge in [-0.2, -0.15) is 0 Å². The van der Waals surface area contributed by atoms with Gasteiger partial charge >= 0.3 is 0 Å². The minimum atomic E-state index is 0.497. The molecular formula is C16H21Cl2N. The largest absolute Gasteiger partial charge is 0.371 e. The number of rotatable bonds is 2. The summed E-state index contributed by atoms with van der Waals surface area (Å²) < 4.78 is 0. The van der Waals surface area contributed by atoms with Gasteiger partial charge < -0.3 is 4.90 Å². The lowest BCUT2D eigenvalue weighted by Gasteiger charge is -2.41. The number of anilines is 1. The fraction of sp³-hybridized carbons (Fsp3) is 0.625. The molecule has 19 heavy (non-hydrogen) atoms. The molecule has 1 aromatic carbocycles. The van der Waals surface area contributed by atoms with E-state index in [0.717, 1.165) is 23.7 Å². The van der Waals surface area contributed by atoms with Crippen LogP contribution in [0, 0.1) is 5.41 Å². The molecular weight excluding hydrogens is 277 g/mol. The second-order valence-electron chi connectivity index (χ2n) is 6.07. The lowest BCUT2D eigenvalue weighted by atomic mass is 9.77. The Morgan fingerprint density at radius 1 is 1.05 bits per heavy atom. The molecule has 1 saturated heterocycles. The molecule has 104 valence electrons. The van der Waals surface area contributed by atoms with Gasteiger partial charge in [-0.15, -0.1) is 11.6 Å². The Kier molecular flexibility index (Phi) is 3.96. The zero-order valence-electron chi connectivity index (χ0n) is 11.3. The van der Waals surface area contributed by atoms with Crippen molar-refractivity contribution in [1.29, 1.82) is 0 Å². The van der Waals surface area contributed by atoms with Gasteiger partial charge in [0.05, 0.1) is 5.88 Å². The van der Waals surface area contributed by atoms with Crippen molar-refractivity contribution in [3.8, 4) is 0 Å². The molecule has 1 heterocycles. The highest BCUT2D eigenvalue weighted by Gasteiger charge is 2.37. The molecule has 0 aromatic heterocycles. The lowest BCUT2D eigenvalue weighted by Crippen LogP contribution is -2.39. The highest BCUT2D eigenvalue weighted by Crippen LogP contribution is 2.47. The molecule has 1 nitrogen and oxygen atoms in total. The third kappa shape index (κ3) is 2.60. The molecule has 0 radical (unpaired) electrons. The van der Waals surface area contributed by atoms with Crippen molar-refractivity contribution in [2.75, 3.05) is 18.0 Å². The third-order valence-corrected chi connectivity index (χ3v) is 5.68. The van der Waals surface area contributed by atoms with Crippen LogP contribution in [0.4, 0.5) is 5.69 Å². The Labute approximate surface area is 125 Å². The van der Waals surface area contributed by atoms with E-state index in [-0.39, 0.29) is 0 Å². The molecule has 0 atom stereocenters. The quantitative estimate of drug-likeness (QED) is 0.675. The normalized spacial score (nSPS) is 22.1. The summed E-state index contributed by atoms with van der Waals surface area (Å²) in [4.78, 5) is 2.48. The zero-order chi connectivity index (χ0) is 13.3. The van der Waals surface area contributed by atoms with Gasteiger partial charge in [-0.3, -0.25) is 0 Å². The predicted molar refractivity (Wildman–Crippen MR) is 83.4 cm³/mol. The van der Waals surface area contributed by atoms with Gasteiger partial charge in [-0.25, -0.2) is 0 Å². The summed E-state index contributed by atoms with van der Waals surface area (Å²) in [7, 11) is 0. The van der Waals surface area contributed by atoms with Crippen LogP contribution >= 0.6 is 23.2 Å². The molecule has 1 spiro atoms. The Morgan fingerprint density at radius 2 is 1.74 bits per heavy atom. The van der Waals surface area contributed by atoms with Crippen LogP contribution in [0.15, 0.2) is 18.2 Å². The summed E-state index contributed by atoms with van der Waals surface area (Å²) >= 11 is 12.3. The molecule has 3 heteroatoms. The van der Waals surface area contributed by atoms with Crippen molar-refractivity contribution in [2.24, 2.45) is 5.41 Å². The van der Waals surface area contributed by atoms with Crippen LogP contribution in [0.1, 0.15) is 44.1 Å². The number of halogens is 2. The van der Waals surface area contributed by atoms with Gasteiger partial charge in [-0.05, 0) is 43.2 Å². The van der Waals surface area contributed by atoms with Gasteiger partial charge in [0.2, 0.25) is 0 Å². The molecule has 1 aliphatic heterocycles. The van der Waals surface area contributed by atoms with E-state index < -0.39 is 0 Å². The monoisotopic (exact) mass is 297 g/mol. The Hall–Kier alpha value is -0.400. The predicted octanol–water partition coefficient (Wildman–Crippen LogP) is 5.24. The SMILES string of the molecule is ClCc1c(Cl)cccc1N1CCC2(CCCC2)CC1. The number of benzene rings is 1. The third-order valence-electron chi connectivity index (χ3n) is 5.06. The number of hydrogen-bond acceptors (Lipinski definition) is 1. The number of hydrogen-bond donors (Lipinski definition) is 0. The van der Waals surface area contributed by atoms with Gasteiger partial charge in [0.1, 0.15) is 0 Å². The average molecular weight is 298 g/mol. The molecule has 3 rings (SSSR count). The molecule has 0 amide bonds. The summed E-state index contributed by atoms with van der Waals surface area (Å²) in [5, 5.41) is 0.800. The fourth-order valence-electron chi connectivity index (χ4n) is 3.82. The van der Waals surface area contributed by atoms with Crippen molar-refractivity contribution in [2.45, 2.75) is 44.4 Å². The van der Waals surface area contributed by atoms with Gasteiger partial charge in [-0.1, -0.05) is 30.5 Å². The summed E-state index contributed by atoms with van der Waals surface area (Å²) in [5.74, 6) is 0.497. The van der Waals surface area contributed by atoms with Crippen LogP contribution in [0.2, 0.25) is 5.02 Å². The number of piperidine rings is 1. The van der Waals surface area contributed by atoms with E-state index >= 15 is 0 Å². The Balaban J connectivity index is 1.76. The lowest BCUT2D eigenvalue weighted by molar-refractivity contribution is 0.226. The van der Waals surface area contributed by atoms with Crippen LogP contribution in [0.5, 0.6) is 0 Å². The number of alkyl halides is 1. The zero-order valence-corrected chi connectivity index (χ0v) is 12.8. The van der Waals surface area contributed by atoms with Crippen molar-refractivity contribution in [3.05, 3.63) is 28.8 Å². The van der Waals surface area contributed by atoms with Crippen LogP contribution < -0.4 is 4.90 Å². The first-order valence-corrected chi connectivity index (χ1v) is 8.24. The van der Waals surface area contributed by atoms with Crippen LogP contribution in [0.3, 0.4) is 0 Å². The van der Waals surface area contributed by atoms with E-state index in [1.807, 2.05) is 12.1 Å². The van der Waals surface area contributed by atoms with E-state index in [9.17, 15) is 0 Å². The smallest absolute Gasteiger partial charge is 0.0509 e. The Morgan fingerprint density at radius 3 is 2.37 bits per heavy atom. The van der Waals surface area contributed by atoms with E-state index in [0.29, 0.717) is 11.3 Å². The van der Waals surface area contributed by atoms with Crippen molar-refractivity contribution < 1.29 is 0 Å². The van der Waals surface area contributed by atoms with E-state index in [4.69, 9.17) is 23.2 Å². The molecule has 0 bridgehead atoms. The second kappa shape index (κ2) is 5.54. The van der Waals surface area contributed by atoms with Crippen molar-refractivity contribution >= 4 is 28.9 Å².